The van der Waals surface area contributed by atoms with Crippen LogP contribution in [-0.2, 0) is 9.53 Å². The average Bonchev–Trinajstić information content (AvgIpc) is 2.52. The molecule has 0 aromatic heterocycles. The zero-order valence-corrected chi connectivity index (χ0v) is 14.6. The number of methoxy groups -OCH3 is 1. The summed E-state index contributed by atoms with van der Waals surface area (Å²) in [5, 5.41) is 9.10. The maximum Gasteiger partial charge on any atom is 0.226 e. The number of rotatable bonds is 8. The summed E-state index contributed by atoms with van der Waals surface area (Å²) in [7, 11) is 3.38. The Kier molecular flexibility index (Phi) is 9.25. The Morgan fingerprint density at radius 2 is 1.91 bits per heavy atom. The Hall–Kier alpha value is -1.60. The molecule has 22 heavy (non-hydrogen) atoms. The van der Waals surface area contributed by atoms with Gasteiger partial charge in [0.2, 0.25) is 5.91 Å². The predicted molar refractivity (Wildman–Crippen MR) is 93.2 cm³/mol. The Bertz CT molecular complexity index is 477. The second-order valence-corrected chi connectivity index (χ2v) is 5.49. The lowest BCUT2D eigenvalue weighted by Gasteiger charge is -2.11. The first kappa shape index (κ1) is 18.4. The number of carbonyl (C=O) groups excluding carboxylic acids is 1. The average molecular weight is 371 g/mol. The molecule has 0 unspecified atom stereocenters. The van der Waals surface area contributed by atoms with Gasteiger partial charge in [0, 0.05) is 50.4 Å². The molecule has 1 rings (SSSR count). The zero-order chi connectivity index (χ0) is 16.2. The van der Waals surface area contributed by atoms with E-state index in [1.807, 2.05) is 24.3 Å². The molecule has 0 fully saturated rings. The van der Waals surface area contributed by atoms with Crippen LogP contribution in [0.2, 0.25) is 0 Å². The second kappa shape index (κ2) is 11.0. The van der Waals surface area contributed by atoms with E-state index in [2.05, 4.69) is 36.9 Å². The van der Waals surface area contributed by atoms with E-state index in [-0.39, 0.29) is 5.91 Å². The molecule has 3 N–H and O–H groups in total. The van der Waals surface area contributed by atoms with Gasteiger partial charge >= 0.3 is 0 Å². The molecule has 0 bridgehead atoms. The molecule has 1 amide bonds. The van der Waals surface area contributed by atoms with E-state index in [9.17, 15) is 4.79 Å². The Labute approximate surface area is 139 Å². The molecule has 0 saturated carbocycles. The fraction of sp³-hybridized carbons (Fsp3) is 0.467. The van der Waals surface area contributed by atoms with Crippen LogP contribution in [0.4, 0.5) is 5.69 Å². The van der Waals surface area contributed by atoms with Crippen molar-refractivity contribution in [3.05, 3.63) is 28.7 Å². The van der Waals surface area contributed by atoms with Crippen LogP contribution in [0.1, 0.15) is 12.8 Å². The summed E-state index contributed by atoms with van der Waals surface area (Å²) >= 11 is 3.36. The van der Waals surface area contributed by atoms with Crippen molar-refractivity contribution in [2.24, 2.45) is 4.99 Å². The molecule has 1 aromatic carbocycles. The number of benzene rings is 1. The summed E-state index contributed by atoms with van der Waals surface area (Å²) in [6.07, 6.45) is 1.27. The molecule has 6 nitrogen and oxygen atoms in total. The maximum absolute atomic E-state index is 11.8. The molecule has 0 aliphatic rings. The lowest BCUT2D eigenvalue weighted by Crippen LogP contribution is -2.39. The van der Waals surface area contributed by atoms with Gasteiger partial charge in [-0.05, 0) is 30.7 Å². The number of halogens is 1. The number of amides is 1. The van der Waals surface area contributed by atoms with Crippen LogP contribution < -0.4 is 16.0 Å². The van der Waals surface area contributed by atoms with Gasteiger partial charge in [-0.3, -0.25) is 9.79 Å². The summed E-state index contributed by atoms with van der Waals surface area (Å²) in [5.74, 6) is 0.650. The largest absolute Gasteiger partial charge is 0.385 e. The first-order valence-electron chi connectivity index (χ1n) is 7.14. The van der Waals surface area contributed by atoms with Crippen molar-refractivity contribution in [1.29, 1.82) is 0 Å². The van der Waals surface area contributed by atoms with Crippen LogP contribution in [0.3, 0.4) is 0 Å². The number of nitrogens with zero attached hydrogens (tertiary/aromatic N) is 1. The summed E-state index contributed by atoms with van der Waals surface area (Å²) in [4.78, 5) is 15.9. The number of anilines is 1. The highest BCUT2D eigenvalue weighted by molar-refractivity contribution is 9.10. The number of hydrogen-bond donors (Lipinski definition) is 3. The van der Waals surface area contributed by atoms with E-state index in [0.29, 0.717) is 25.5 Å². The van der Waals surface area contributed by atoms with Crippen LogP contribution >= 0.6 is 15.9 Å². The molecular weight excluding hydrogens is 348 g/mol. The Morgan fingerprint density at radius 3 is 2.55 bits per heavy atom. The van der Waals surface area contributed by atoms with Gasteiger partial charge in [0.05, 0.1) is 0 Å². The van der Waals surface area contributed by atoms with Crippen LogP contribution in [0.15, 0.2) is 33.7 Å². The van der Waals surface area contributed by atoms with Crippen molar-refractivity contribution in [2.45, 2.75) is 12.8 Å². The van der Waals surface area contributed by atoms with E-state index in [0.717, 1.165) is 23.1 Å². The van der Waals surface area contributed by atoms with Crippen molar-refractivity contribution in [3.8, 4) is 0 Å². The molecule has 0 aliphatic heterocycles. The topological polar surface area (TPSA) is 74.8 Å². The van der Waals surface area contributed by atoms with E-state index in [1.54, 1.807) is 14.2 Å². The molecule has 7 heteroatoms. The first-order valence-corrected chi connectivity index (χ1v) is 7.94. The van der Waals surface area contributed by atoms with Gasteiger partial charge in [-0.2, -0.15) is 0 Å². The van der Waals surface area contributed by atoms with Crippen LogP contribution in [0.5, 0.6) is 0 Å². The second-order valence-electron chi connectivity index (χ2n) is 4.58. The Balaban J connectivity index is 2.21. The SMILES string of the molecule is CN=C(NCCCOC)NCCC(=O)Nc1ccc(Br)cc1. The van der Waals surface area contributed by atoms with Crippen LogP contribution in [0, 0.1) is 0 Å². The van der Waals surface area contributed by atoms with Crippen molar-refractivity contribution in [2.75, 3.05) is 39.2 Å². The number of guanidine groups is 1. The molecule has 0 radical (unpaired) electrons. The number of hydrogen-bond acceptors (Lipinski definition) is 3. The summed E-state index contributed by atoms with van der Waals surface area (Å²) in [6, 6.07) is 7.48. The standard InChI is InChI=1S/C15H23BrN4O2/c1-17-15(18-9-3-11-22-2)19-10-8-14(21)20-13-6-4-12(16)5-7-13/h4-7H,3,8-11H2,1-2H3,(H,20,21)(H2,17,18,19). The molecule has 1 aromatic rings. The van der Waals surface area contributed by atoms with E-state index in [4.69, 9.17) is 4.74 Å². The van der Waals surface area contributed by atoms with Gasteiger partial charge in [0.15, 0.2) is 5.96 Å². The summed E-state index contributed by atoms with van der Waals surface area (Å²) in [6.45, 7) is 2.00. The van der Waals surface area contributed by atoms with E-state index >= 15 is 0 Å². The van der Waals surface area contributed by atoms with Crippen molar-refractivity contribution in [3.63, 3.8) is 0 Å². The monoisotopic (exact) mass is 370 g/mol. The highest BCUT2D eigenvalue weighted by Crippen LogP contribution is 2.14. The highest BCUT2D eigenvalue weighted by Gasteiger charge is 2.03. The fourth-order valence-corrected chi connectivity index (χ4v) is 1.96. The fourth-order valence-electron chi connectivity index (χ4n) is 1.70. The molecule has 0 atom stereocenters. The van der Waals surface area contributed by atoms with Gasteiger partial charge in [0.1, 0.15) is 0 Å². The smallest absolute Gasteiger partial charge is 0.226 e. The first-order chi connectivity index (χ1) is 10.7. The third-order valence-electron chi connectivity index (χ3n) is 2.81. The third-order valence-corrected chi connectivity index (χ3v) is 3.34. The maximum atomic E-state index is 11.8. The molecular formula is C15H23BrN4O2. The normalized spacial score (nSPS) is 11.1. The third kappa shape index (κ3) is 7.99. The lowest BCUT2D eigenvalue weighted by molar-refractivity contribution is -0.116. The van der Waals surface area contributed by atoms with Gasteiger partial charge < -0.3 is 20.7 Å². The van der Waals surface area contributed by atoms with Gasteiger partial charge in [-0.25, -0.2) is 0 Å². The number of aliphatic imine (C=N–C) groups is 1. The zero-order valence-electron chi connectivity index (χ0n) is 13.0. The van der Waals surface area contributed by atoms with Crippen LogP contribution in [0.25, 0.3) is 0 Å². The number of carbonyl (C=O) groups is 1. The van der Waals surface area contributed by atoms with Gasteiger partial charge in [0.25, 0.3) is 0 Å². The van der Waals surface area contributed by atoms with Gasteiger partial charge in [-0.15, -0.1) is 0 Å². The molecule has 0 saturated heterocycles. The lowest BCUT2D eigenvalue weighted by atomic mass is 10.3. The number of nitrogens with one attached hydrogen (secondary N) is 3. The highest BCUT2D eigenvalue weighted by atomic mass is 79.9. The molecule has 122 valence electrons. The van der Waals surface area contributed by atoms with Crippen molar-refractivity contribution >= 4 is 33.5 Å². The number of ether oxygens (including phenoxy) is 1. The van der Waals surface area contributed by atoms with E-state index in [1.165, 1.54) is 0 Å². The summed E-state index contributed by atoms with van der Waals surface area (Å²) < 4.78 is 5.96. The quantitative estimate of drug-likeness (QED) is 0.371. The minimum atomic E-state index is -0.0374. The molecule has 0 heterocycles. The van der Waals surface area contributed by atoms with E-state index < -0.39 is 0 Å². The summed E-state index contributed by atoms with van der Waals surface area (Å²) in [5.41, 5.74) is 0.787. The minimum Gasteiger partial charge on any atom is -0.385 e. The van der Waals surface area contributed by atoms with Crippen molar-refractivity contribution in [1.82, 2.24) is 10.6 Å². The van der Waals surface area contributed by atoms with Gasteiger partial charge in [-0.1, -0.05) is 15.9 Å². The predicted octanol–water partition coefficient (Wildman–Crippen LogP) is 1.98. The minimum absolute atomic E-state index is 0.0374. The molecule has 0 spiro atoms. The Morgan fingerprint density at radius 1 is 1.23 bits per heavy atom. The molecule has 0 aliphatic carbocycles. The van der Waals surface area contributed by atoms with Crippen molar-refractivity contribution < 1.29 is 9.53 Å². The van der Waals surface area contributed by atoms with Crippen LogP contribution in [-0.4, -0.2) is 45.7 Å².